The Hall–Kier alpha value is -1.91. The van der Waals surface area contributed by atoms with Crippen molar-refractivity contribution in [1.29, 1.82) is 0 Å². The number of nitrogens with zero attached hydrogens (tertiary/aromatic N) is 2. The van der Waals surface area contributed by atoms with Crippen LogP contribution in [0.2, 0.25) is 0 Å². The van der Waals surface area contributed by atoms with Crippen LogP contribution in [-0.4, -0.2) is 4.92 Å². The molecule has 2 rings (SSSR count). The number of nitro benzene ring substituents is 1. The summed E-state index contributed by atoms with van der Waals surface area (Å²) in [7, 11) is 0. The van der Waals surface area contributed by atoms with E-state index in [9.17, 15) is 10.1 Å². The summed E-state index contributed by atoms with van der Waals surface area (Å²) in [6, 6.07) is 4.78. The summed E-state index contributed by atoms with van der Waals surface area (Å²) in [6.07, 6.45) is 0. The zero-order chi connectivity index (χ0) is 12.8. The first-order valence-electron chi connectivity index (χ1n) is 5.41. The van der Waals surface area contributed by atoms with Crippen LogP contribution < -0.4 is 4.74 Å². The SMILES string of the molecule is Cc1o[n+](C(C)(C)C)c2ccc([N+](=O)[O-])cc12. The van der Waals surface area contributed by atoms with Gasteiger partial charge in [0, 0.05) is 45.9 Å². The van der Waals surface area contributed by atoms with Gasteiger partial charge in [0.1, 0.15) is 5.39 Å². The Morgan fingerprint density at radius 3 is 2.53 bits per heavy atom. The van der Waals surface area contributed by atoms with Crippen molar-refractivity contribution in [3.05, 3.63) is 34.1 Å². The Morgan fingerprint density at radius 1 is 1.35 bits per heavy atom. The van der Waals surface area contributed by atoms with Crippen molar-refractivity contribution in [2.75, 3.05) is 0 Å². The quantitative estimate of drug-likeness (QED) is 0.433. The van der Waals surface area contributed by atoms with Crippen LogP contribution in [0.1, 0.15) is 26.5 Å². The van der Waals surface area contributed by atoms with Crippen LogP contribution in [-0.2, 0) is 5.54 Å². The standard InChI is InChI=1S/C12H15N2O3/c1-8-10-7-9(14(15)16)5-6-11(10)13(17-8)12(2,3)4/h5-7H,1-4H3/q+1. The van der Waals surface area contributed by atoms with Crippen molar-refractivity contribution < 1.29 is 14.2 Å². The van der Waals surface area contributed by atoms with E-state index >= 15 is 0 Å². The molecular formula is C12H15N2O3+. The second-order valence-corrected chi connectivity index (χ2v) is 5.07. The smallest absolute Gasteiger partial charge is 0.258 e. The molecule has 0 unspecified atom stereocenters. The number of fused-ring (bicyclic) bond motifs is 1. The highest BCUT2D eigenvalue weighted by molar-refractivity contribution is 5.80. The van der Waals surface area contributed by atoms with Gasteiger partial charge < -0.3 is 0 Å². The molecule has 0 N–H and O–H groups in total. The molecule has 2 aromatic rings. The van der Waals surface area contributed by atoms with Crippen molar-refractivity contribution >= 4 is 16.6 Å². The van der Waals surface area contributed by atoms with Gasteiger partial charge in [-0.2, -0.15) is 0 Å². The molecule has 0 bridgehead atoms. The Labute approximate surface area is 98.8 Å². The Kier molecular flexibility index (Phi) is 2.41. The predicted molar refractivity (Wildman–Crippen MR) is 62.8 cm³/mol. The number of aromatic nitrogens is 1. The van der Waals surface area contributed by atoms with Crippen LogP contribution >= 0.6 is 0 Å². The second-order valence-electron chi connectivity index (χ2n) is 5.07. The Bertz CT molecular complexity index is 594. The van der Waals surface area contributed by atoms with Gasteiger partial charge in [0.05, 0.1) is 4.92 Å². The van der Waals surface area contributed by atoms with Gasteiger partial charge in [0.2, 0.25) is 5.54 Å². The summed E-state index contributed by atoms with van der Waals surface area (Å²) in [5.74, 6) is 0.693. The lowest BCUT2D eigenvalue weighted by atomic mass is 10.1. The summed E-state index contributed by atoms with van der Waals surface area (Å²) < 4.78 is 7.44. The van der Waals surface area contributed by atoms with Crippen LogP contribution in [0.5, 0.6) is 0 Å². The fourth-order valence-corrected chi connectivity index (χ4v) is 1.83. The number of aryl methyl sites for hydroxylation is 1. The maximum absolute atomic E-state index is 10.7. The first-order chi connectivity index (χ1) is 7.80. The zero-order valence-electron chi connectivity index (χ0n) is 10.4. The molecule has 0 aliphatic heterocycles. The van der Waals surface area contributed by atoms with E-state index < -0.39 is 4.92 Å². The third-order valence-corrected chi connectivity index (χ3v) is 2.63. The van der Waals surface area contributed by atoms with Crippen LogP contribution in [0, 0.1) is 17.0 Å². The maximum atomic E-state index is 10.7. The van der Waals surface area contributed by atoms with Gasteiger partial charge in [-0.1, -0.05) is 0 Å². The number of hydrogen-bond donors (Lipinski definition) is 0. The van der Waals surface area contributed by atoms with Crippen LogP contribution in [0.15, 0.2) is 22.7 Å². The van der Waals surface area contributed by atoms with Crippen LogP contribution in [0.3, 0.4) is 0 Å². The second kappa shape index (κ2) is 3.55. The van der Waals surface area contributed by atoms with Gasteiger partial charge in [-0.15, -0.1) is 0 Å². The first kappa shape index (κ1) is 11.6. The Balaban J connectivity index is 2.74. The molecule has 0 radical (unpaired) electrons. The number of hydrogen-bond acceptors (Lipinski definition) is 3. The molecular weight excluding hydrogens is 220 g/mol. The highest BCUT2D eigenvalue weighted by Crippen LogP contribution is 2.24. The summed E-state index contributed by atoms with van der Waals surface area (Å²) in [5, 5.41) is 11.5. The van der Waals surface area contributed by atoms with E-state index in [1.807, 2.05) is 27.7 Å². The van der Waals surface area contributed by atoms with Crippen molar-refractivity contribution in [1.82, 2.24) is 0 Å². The summed E-state index contributed by atoms with van der Waals surface area (Å²) in [4.78, 5) is 10.3. The topological polar surface area (TPSA) is 60.2 Å². The minimum atomic E-state index is -0.396. The maximum Gasteiger partial charge on any atom is 0.270 e. The lowest BCUT2D eigenvalue weighted by molar-refractivity contribution is -0.888. The number of benzene rings is 1. The molecule has 0 spiro atoms. The normalized spacial score (nSPS) is 12.0. The third-order valence-electron chi connectivity index (χ3n) is 2.63. The minimum absolute atomic E-state index is 0.0856. The molecule has 0 saturated heterocycles. The largest absolute Gasteiger partial charge is 0.270 e. The van der Waals surface area contributed by atoms with Crippen LogP contribution in [0.25, 0.3) is 10.9 Å². The monoisotopic (exact) mass is 235 g/mol. The fourth-order valence-electron chi connectivity index (χ4n) is 1.83. The lowest BCUT2D eigenvalue weighted by Gasteiger charge is -2.06. The lowest BCUT2D eigenvalue weighted by Crippen LogP contribution is -2.48. The molecule has 0 saturated carbocycles. The highest BCUT2D eigenvalue weighted by Gasteiger charge is 2.32. The molecule has 1 aromatic carbocycles. The molecule has 90 valence electrons. The van der Waals surface area contributed by atoms with Crippen molar-refractivity contribution in [3.63, 3.8) is 0 Å². The molecule has 0 aliphatic carbocycles. The van der Waals surface area contributed by atoms with E-state index in [1.165, 1.54) is 6.07 Å². The van der Waals surface area contributed by atoms with Crippen molar-refractivity contribution in [2.45, 2.75) is 33.2 Å². The van der Waals surface area contributed by atoms with Crippen molar-refractivity contribution in [3.8, 4) is 0 Å². The summed E-state index contributed by atoms with van der Waals surface area (Å²) in [5.41, 5.74) is 0.769. The molecule has 17 heavy (non-hydrogen) atoms. The molecule has 0 aliphatic rings. The summed E-state index contributed by atoms with van der Waals surface area (Å²) >= 11 is 0. The zero-order valence-corrected chi connectivity index (χ0v) is 10.4. The molecule has 5 nitrogen and oxygen atoms in total. The van der Waals surface area contributed by atoms with E-state index in [0.717, 1.165) is 10.9 Å². The molecule has 0 amide bonds. The van der Waals surface area contributed by atoms with Crippen molar-refractivity contribution in [2.24, 2.45) is 0 Å². The van der Waals surface area contributed by atoms with E-state index in [-0.39, 0.29) is 11.2 Å². The van der Waals surface area contributed by atoms with Gasteiger partial charge in [0.15, 0.2) is 5.76 Å². The predicted octanol–water partition coefficient (Wildman–Crippen LogP) is 2.69. The van der Waals surface area contributed by atoms with E-state index in [4.69, 9.17) is 4.52 Å². The fraction of sp³-hybridized carbons (Fsp3) is 0.417. The molecule has 0 fully saturated rings. The molecule has 5 heteroatoms. The van der Waals surface area contributed by atoms with E-state index in [0.29, 0.717) is 5.76 Å². The molecule has 0 atom stereocenters. The van der Waals surface area contributed by atoms with E-state index in [1.54, 1.807) is 16.9 Å². The van der Waals surface area contributed by atoms with Gasteiger partial charge >= 0.3 is 0 Å². The average Bonchev–Trinajstić information content (AvgIpc) is 2.55. The Morgan fingerprint density at radius 2 is 2.00 bits per heavy atom. The van der Waals surface area contributed by atoms with Crippen LogP contribution in [0.4, 0.5) is 5.69 Å². The molecule has 1 heterocycles. The number of rotatable bonds is 1. The summed E-state index contributed by atoms with van der Waals surface area (Å²) in [6.45, 7) is 7.89. The van der Waals surface area contributed by atoms with Gasteiger partial charge in [-0.25, -0.2) is 4.52 Å². The van der Waals surface area contributed by atoms with E-state index in [2.05, 4.69) is 0 Å². The minimum Gasteiger partial charge on any atom is -0.258 e. The number of non-ortho nitro benzene ring substituents is 1. The molecule has 1 aromatic heterocycles. The van der Waals surface area contributed by atoms with Gasteiger partial charge in [-0.05, 0) is 4.74 Å². The average molecular weight is 235 g/mol. The third kappa shape index (κ3) is 1.88. The van der Waals surface area contributed by atoms with Gasteiger partial charge in [-0.3, -0.25) is 10.1 Å². The number of nitro groups is 1. The highest BCUT2D eigenvalue weighted by atomic mass is 16.6. The van der Waals surface area contributed by atoms with Gasteiger partial charge in [0.25, 0.3) is 11.2 Å². The first-order valence-corrected chi connectivity index (χ1v) is 5.41.